The van der Waals surface area contributed by atoms with Crippen molar-refractivity contribution in [3.05, 3.63) is 28.7 Å². The molecule has 0 saturated heterocycles. The first-order valence-electron chi connectivity index (χ1n) is 5.07. The van der Waals surface area contributed by atoms with Gasteiger partial charge >= 0.3 is 5.97 Å². The molecule has 0 aliphatic carbocycles. The summed E-state index contributed by atoms with van der Waals surface area (Å²) in [5.74, 6) is 0.450. The third-order valence-corrected chi connectivity index (χ3v) is 3.08. The van der Waals surface area contributed by atoms with Gasteiger partial charge in [-0.3, -0.25) is 9.59 Å². The lowest BCUT2D eigenvalue weighted by molar-refractivity contribution is -0.140. The van der Waals surface area contributed by atoms with Gasteiger partial charge in [0.1, 0.15) is 0 Å². The second kappa shape index (κ2) is 6.37. The number of methoxy groups -OCH3 is 1. The molecule has 0 amide bonds. The summed E-state index contributed by atoms with van der Waals surface area (Å²) in [5, 5.41) is 0. The molecule has 0 radical (unpaired) electrons. The van der Waals surface area contributed by atoms with Gasteiger partial charge in [0, 0.05) is 29.5 Å². The molecule has 4 nitrogen and oxygen atoms in total. The Labute approximate surface area is 98.6 Å². The molecule has 0 spiro atoms. The number of aryl methyl sites for hydroxylation is 1. The van der Waals surface area contributed by atoms with E-state index >= 15 is 0 Å². The molecule has 0 fully saturated rings. The van der Waals surface area contributed by atoms with Gasteiger partial charge in [-0.1, -0.05) is 0 Å². The Bertz CT molecular complexity index is 414. The normalized spacial score (nSPS) is 10.1. The van der Waals surface area contributed by atoms with Crippen LogP contribution in [-0.2, 0) is 16.1 Å². The molecule has 1 aromatic heterocycles. The zero-order valence-corrected chi connectivity index (χ0v) is 10.3. The van der Waals surface area contributed by atoms with Gasteiger partial charge in [-0.05, 0) is 13.0 Å². The fourth-order valence-electron chi connectivity index (χ4n) is 1.20. The highest BCUT2D eigenvalue weighted by atomic mass is 32.2. The Morgan fingerprint density at radius 2 is 2.25 bits per heavy atom. The number of rotatable bonds is 5. The standard InChI is InChI=1S/C11H15NO3S/c1-3-12-8-9(4-5-10(12)13)16-7-6-11(14)15-2/h4-5,8H,3,6-7H2,1-2H3. The molecule has 0 unspecified atom stereocenters. The van der Waals surface area contributed by atoms with Crippen LogP contribution in [0, 0.1) is 0 Å². The lowest BCUT2D eigenvalue weighted by Gasteiger charge is -2.05. The fraction of sp³-hybridized carbons (Fsp3) is 0.455. The molecule has 88 valence electrons. The van der Waals surface area contributed by atoms with Crippen molar-refractivity contribution in [2.75, 3.05) is 12.9 Å². The molecule has 16 heavy (non-hydrogen) atoms. The largest absolute Gasteiger partial charge is 0.469 e. The van der Waals surface area contributed by atoms with E-state index < -0.39 is 0 Å². The minimum atomic E-state index is -0.212. The Balaban J connectivity index is 2.54. The highest BCUT2D eigenvalue weighted by molar-refractivity contribution is 7.99. The van der Waals surface area contributed by atoms with Gasteiger partial charge in [-0.15, -0.1) is 11.8 Å². The van der Waals surface area contributed by atoms with Gasteiger partial charge in [0.05, 0.1) is 13.5 Å². The maximum atomic E-state index is 11.3. The number of aromatic nitrogens is 1. The lowest BCUT2D eigenvalue weighted by atomic mass is 10.4. The molecule has 0 bridgehead atoms. The minimum Gasteiger partial charge on any atom is -0.469 e. The number of ether oxygens (including phenoxy) is 1. The number of hydrogen-bond donors (Lipinski definition) is 0. The second-order valence-electron chi connectivity index (χ2n) is 3.16. The van der Waals surface area contributed by atoms with Crippen molar-refractivity contribution in [2.45, 2.75) is 24.8 Å². The Kier molecular flexibility index (Phi) is 5.11. The maximum Gasteiger partial charge on any atom is 0.306 e. The third-order valence-electron chi connectivity index (χ3n) is 2.10. The summed E-state index contributed by atoms with van der Waals surface area (Å²) >= 11 is 1.54. The second-order valence-corrected chi connectivity index (χ2v) is 4.33. The van der Waals surface area contributed by atoms with E-state index in [1.54, 1.807) is 28.5 Å². The van der Waals surface area contributed by atoms with Crippen molar-refractivity contribution < 1.29 is 9.53 Å². The number of pyridine rings is 1. The first kappa shape index (κ1) is 12.8. The molecule has 1 aromatic rings. The summed E-state index contributed by atoms with van der Waals surface area (Å²) in [6.45, 7) is 2.58. The molecule has 1 rings (SSSR count). The molecule has 1 heterocycles. The van der Waals surface area contributed by atoms with Crippen LogP contribution in [0.25, 0.3) is 0 Å². The number of carbonyl (C=O) groups is 1. The molecule has 0 N–H and O–H groups in total. The van der Waals surface area contributed by atoms with Crippen LogP contribution in [0.3, 0.4) is 0 Å². The van der Waals surface area contributed by atoms with Crippen molar-refractivity contribution in [1.29, 1.82) is 0 Å². The van der Waals surface area contributed by atoms with Crippen LogP contribution in [0.1, 0.15) is 13.3 Å². The summed E-state index contributed by atoms with van der Waals surface area (Å²) in [6.07, 6.45) is 2.19. The number of carbonyl (C=O) groups excluding carboxylic acids is 1. The van der Waals surface area contributed by atoms with E-state index in [1.807, 2.05) is 13.1 Å². The number of esters is 1. The topological polar surface area (TPSA) is 48.3 Å². The van der Waals surface area contributed by atoms with Gasteiger partial charge in [0.2, 0.25) is 0 Å². The van der Waals surface area contributed by atoms with E-state index in [0.29, 0.717) is 18.7 Å². The quantitative estimate of drug-likeness (QED) is 0.579. The van der Waals surface area contributed by atoms with E-state index in [4.69, 9.17) is 0 Å². The summed E-state index contributed by atoms with van der Waals surface area (Å²) < 4.78 is 6.18. The highest BCUT2D eigenvalue weighted by Crippen LogP contribution is 2.16. The van der Waals surface area contributed by atoms with Crippen LogP contribution in [0.5, 0.6) is 0 Å². The number of hydrogen-bond acceptors (Lipinski definition) is 4. The average Bonchev–Trinajstić information content (AvgIpc) is 2.31. The maximum absolute atomic E-state index is 11.3. The van der Waals surface area contributed by atoms with Crippen molar-refractivity contribution in [3.8, 4) is 0 Å². The Hall–Kier alpha value is -1.23. The summed E-state index contributed by atoms with van der Waals surface area (Å²) in [5.41, 5.74) is -0.000169. The SMILES string of the molecule is CCn1cc(SCCC(=O)OC)ccc1=O. The molecule has 0 aliphatic rings. The zero-order valence-electron chi connectivity index (χ0n) is 9.43. The summed E-state index contributed by atoms with van der Waals surface area (Å²) in [6, 6.07) is 3.32. The number of thioether (sulfide) groups is 1. The molecular formula is C11H15NO3S. The van der Waals surface area contributed by atoms with E-state index in [0.717, 1.165) is 4.90 Å². The van der Waals surface area contributed by atoms with Gasteiger partial charge in [0.25, 0.3) is 5.56 Å². The van der Waals surface area contributed by atoms with Crippen LogP contribution in [-0.4, -0.2) is 23.4 Å². The molecular weight excluding hydrogens is 226 g/mol. The Morgan fingerprint density at radius 3 is 2.88 bits per heavy atom. The van der Waals surface area contributed by atoms with E-state index in [1.165, 1.54) is 7.11 Å². The predicted molar refractivity (Wildman–Crippen MR) is 63.7 cm³/mol. The minimum absolute atomic E-state index is 0.000169. The molecule has 0 saturated carbocycles. The first-order chi connectivity index (χ1) is 7.67. The van der Waals surface area contributed by atoms with Crippen molar-refractivity contribution in [1.82, 2.24) is 4.57 Å². The third kappa shape index (κ3) is 3.73. The lowest BCUT2D eigenvalue weighted by Crippen LogP contribution is -2.16. The van der Waals surface area contributed by atoms with Gasteiger partial charge < -0.3 is 9.30 Å². The number of nitrogens with zero attached hydrogens (tertiary/aromatic N) is 1. The van der Waals surface area contributed by atoms with Gasteiger partial charge in [0.15, 0.2) is 0 Å². The van der Waals surface area contributed by atoms with Crippen molar-refractivity contribution in [2.24, 2.45) is 0 Å². The monoisotopic (exact) mass is 241 g/mol. The van der Waals surface area contributed by atoms with Crippen LogP contribution in [0.2, 0.25) is 0 Å². The smallest absolute Gasteiger partial charge is 0.306 e. The van der Waals surface area contributed by atoms with Crippen LogP contribution in [0.4, 0.5) is 0 Å². The Morgan fingerprint density at radius 1 is 1.50 bits per heavy atom. The van der Waals surface area contributed by atoms with Gasteiger partial charge in [-0.2, -0.15) is 0 Å². The van der Waals surface area contributed by atoms with Crippen LogP contribution in [0.15, 0.2) is 28.0 Å². The van der Waals surface area contributed by atoms with Crippen LogP contribution >= 0.6 is 11.8 Å². The fourth-order valence-corrected chi connectivity index (χ4v) is 2.07. The van der Waals surface area contributed by atoms with Crippen molar-refractivity contribution >= 4 is 17.7 Å². The highest BCUT2D eigenvalue weighted by Gasteiger charge is 2.02. The average molecular weight is 241 g/mol. The van der Waals surface area contributed by atoms with Crippen molar-refractivity contribution in [3.63, 3.8) is 0 Å². The van der Waals surface area contributed by atoms with E-state index in [9.17, 15) is 9.59 Å². The molecule has 0 aromatic carbocycles. The molecule has 0 atom stereocenters. The molecule has 0 aliphatic heterocycles. The van der Waals surface area contributed by atoms with Gasteiger partial charge in [-0.25, -0.2) is 0 Å². The predicted octanol–water partition coefficient (Wildman–Crippen LogP) is 1.52. The van der Waals surface area contributed by atoms with E-state index in [-0.39, 0.29) is 11.5 Å². The first-order valence-corrected chi connectivity index (χ1v) is 6.06. The van der Waals surface area contributed by atoms with Crippen LogP contribution < -0.4 is 5.56 Å². The zero-order chi connectivity index (χ0) is 12.0. The summed E-state index contributed by atoms with van der Waals surface area (Å²) in [7, 11) is 1.38. The van der Waals surface area contributed by atoms with E-state index in [2.05, 4.69) is 4.74 Å². The molecule has 5 heteroatoms. The summed E-state index contributed by atoms with van der Waals surface area (Å²) in [4.78, 5) is 23.2.